The number of carbonyl (C=O) groups excluding carboxylic acids is 1. The number of hydrogen-bond acceptors (Lipinski definition) is 4. The molecule has 0 saturated carbocycles. The van der Waals surface area contributed by atoms with Gasteiger partial charge < -0.3 is 14.1 Å². The molecule has 2 aromatic rings. The van der Waals surface area contributed by atoms with Gasteiger partial charge in [-0.15, -0.1) is 11.8 Å². The first kappa shape index (κ1) is 16.0. The van der Waals surface area contributed by atoms with Crippen LogP contribution in [0.3, 0.4) is 0 Å². The minimum absolute atomic E-state index is 0.0500. The molecule has 2 heterocycles. The zero-order valence-electron chi connectivity index (χ0n) is 13.2. The highest BCUT2D eigenvalue weighted by Crippen LogP contribution is 2.34. The van der Waals surface area contributed by atoms with Crippen LogP contribution < -0.4 is 4.74 Å². The first-order valence-electron chi connectivity index (χ1n) is 7.85. The Morgan fingerprint density at radius 3 is 2.96 bits per heavy atom. The first-order valence-corrected chi connectivity index (χ1v) is 8.90. The molecule has 0 N–H and O–H groups in total. The molecule has 1 aromatic carbocycles. The third-order valence-electron chi connectivity index (χ3n) is 4.00. The number of aryl methyl sites for hydroxylation is 1. The van der Waals surface area contributed by atoms with Crippen LogP contribution >= 0.6 is 11.8 Å². The van der Waals surface area contributed by atoms with Crippen LogP contribution in [0.5, 0.6) is 5.75 Å². The molecule has 5 heteroatoms. The average molecular weight is 331 g/mol. The lowest BCUT2D eigenvalue weighted by Gasteiger charge is -2.20. The molecule has 1 aliphatic rings. The third-order valence-corrected chi connectivity index (χ3v) is 5.29. The highest BCUT2D eigenvalue weighted by Gasteiger charge is 2.23. The molecule has 1 fully saturated rings. The topological polar surface area (TPSA) is 42.7 Å². The summed E-state index contributed by atoms with van der Waals surface area (Å²) in [6.45, 7) is 3.59. The third kappa shape index (κ3) is 4.10. The van der Waals surface area contributed by atoms with E-state index in [1.54, 1.807) is 6.26 Å². The maximum atomic E-state index is 12.4. The van der Waals surface area contributed by atoms with Gasteiger partial charge in [0.2, 0.25) is 0 Å². The second kappa shape index (κ2) is 7.59. The van der Waals surface area contributed by atoms with Gasteiger partial charge in [-0.3, -0.25) is 4.79 Å². The van der Waals surface area contributed by atoms with E-state index in [1.165, 1.54) is 0 Å². The number of ether oxygens (including phenoxy) is 1. The highest BCUT2D eigenvalue weighted by atomic mass is 32.2. The quantitative estimate of drug-likeness (QED) is 0.857. The molecule has 1 amide bonds. The average Bonchev–Trinajstić information content (AvgIpc) is 2.98. The van der Waals surface area contributed by atoms with E-state index in [-0.39, 0.29) is 12.5 Å². The van der Waals surface area contributed by atoms with Gasteiger partial charge >= 0.3 is 0 Å². The summed E-state index contributed by atoms with van der Waals surface area (Å²) in [7, 11) is 0. The van der Waals surface area contributed by atoms with Gasteiger partial charge in [-0.1, -0.05) is 18.2 Å². The molecule has 0 unspecified atom stereocenters. The van der Waals surface area contributed by atoms with Crippen molar-refractivity contribution in [2.24, 2.45) is 0 Å². The molecule has 0 spiro atoms. The number of hydrogen-bond donors (Lipinski definition) is 0. The fraction of sp³-hybridized carbons (Fsp3) is 0.389. The number of rotatable bonds is 4. The van der Waals surface area contributed by atoms with Crippen LogP contribution in [0, 0.1) is 6.92 Å². The van der Waals surface area contributed by atoms with Gasteiger partial charge in [-0.25, -0.2) is 0 Å². The van der Waals surface area contributed by atoms with E-state index in [2.05, 4.69) is 0 Å². The van der Waals surface area contributed by atoms with Crippen molar-refractivity contribution in [3.05, 3.63) is 54.0 Å². The summed E-state index contributed by atoms with van der Waals surface area (Å²) < 4.78 is 11.2. The lowest BCUT2D eigenvalue weighted by Crippen LogP contribution is -2.36. The lowest BCUT2D eigenvalue weighted by molar-refractivity contribution is -0.133. The summed E-state index contributed by atoms with van der Waals surface area (Å²) in [5, 5.41) is 0.333. The molecular weight excluding hydrogens is 310 g/mol. The molecular formula is C18H21NO3S. The summed E-state index contributed by atoms with van der Waals surface area (Å²) in [6.07, 6.45) is 2.62. The number of thioether (sulfide) groups is 1. The van der Waals surface area contributed by atoms with Crippen LogP contribution in [-0.2, 0) is 4.79 Å². The van der Waals surface area contributed by atoms with Crippen LogP contribution in [0.1, 0.15) is 23.0 Å². The van der Waals surface area contributed by atoms with Crippen molar-refractivity contribution in [3.8, 4) is 5.75 Å². The molecule has 1 aromatic heterocycles. The van der Waals surface area contributed by atoms with Crippen molar-refractivity contribution in [3.63, 3.8) is 0 Å². The summed E-state index contributed by atoms with van der Waals surface area (Å²) in [4.78, 5) is 14.3. The molecule has 1 aliphatic heterocycles. The summed E-state index contributed by atoms with van der Waals surface area (Å²) >= 11 is 1.85. The molecule has 23 heavy (non-hydrogen) atoms. The maximum Gasteiger partial charge on any atom is 0.260 e. The SMILES string of the molecule is Cc1ccccc1OCC(=O)N1CCS[C@H](c2ccco2)CC1. The van der Waals surface area contributed by atoms with Gasteiger partial charge in [0.05, 0.1) is 11.5 Å². The van der Waals surface area contributed by atoms with Crippen molar-refractivity contribution < 1.29 is 13.9 Å². The van der Waals surface area contributed by atoms with Crippen LogP contribution in [-0.4, -0.2) is 36.3 Å². The van der Waals surface area contributed by atoms with Crippen LogP contribution in [0.4, 0.5) is 0 Å². The van der Waals surface area contributed by atoms with Crippen molar-refractivity contribution in [2.45, 2.75) is 18.6 Å². The zero-order chi connectivity index (χ0) is 16.1. The van der Waals surface area contributed by atoms with Crippen LogP contribution in [0.2, 0.25) is 0 Å². The van der Waals surface area contributed by atoms with Crippen molar-refractivity contribution in [1.29, 1.82) is 0 Å². The number of carbonyl (C=O) groups is 1. The Kier molecular flexibility index (Phi) is 5.28. The van der Waals surface area contributed by atoms with Gasteiger partial charge in [-0.05, 0) is 37.1 Å². The Morgan fingerprint density at radius 1 is 1.30 bits per heavy atom. The number of furan rings is 1. The van der Waals surface area contributed by atoms with E-state index in [0.717, 1.165) is 42.3 Å². The molecule has 1 saturated heterocycles. The maximum absolute atomic E-state index is 12.4. The van der Waals surface area contributed by atoms with Crippen LogP contribution in [0.15, 0.2) is 47.1 Å². The second-order valence-electron chi connectivity index (χ2n) is 5.60. The van der Waals surface area contributed by atoms with Gasteiger partial charge in [0.25, 0.3) is 5.91 Å². The standard InChI is InChI=1S/C18H21NO3S/c1-14-5-2-3-6-15(14)22-13-18(20)19-9-8-17(23-12-10-19)16-7-4-11-21-16/h2-7,11,17H,8-10,12-13H2,1H3/t17-/m0/s1. The van der Waals surface area contributed by atoms with E-state index in [4.69, 9.17) is 9.15 Å². The molecule has 4 nitrogen and oxygen atoms in total. The van der Waals surface area contributed by atoms with Gasteiger partial charge in [0, 0.05) is 18.8 Å². The lowest BCUT2D eigenvalue weighted by atomic mass is 10.2. The fourth-order valence-electron chi connectivity index (χ4n) is 2.67. The Balaban J connectivity index is 1.53. The first-order chi connectivity index (χ1) is 11.2. The Hall–Kier alpha value is -1.88. The minimum atomic E-state index is 0.0500. The monoisotopic (exact) mass is 331 g/mol. The summed E-state index contributed by atoms with van der Waals surface area (Å²) in [6, 6.07) is 11.7. The number of para-hydroxylation sites is 1. The number of nitrogens with zero attached hydrogens (tertiary/aromatic N) is 1. The summed E-state index contributed by atoms with van der Waals surface area (Å²) in [5.41, 5.74) is 1.05. The zero-order valence-corrected chi connectivity index (χ0v) is 14.1. The van der Waals surface area contributed by atoms with Crippen molar-refractivity contribution >= 4 is 17.7 Å². The van der Waals surface area contributed by atoms with Gasteiger partial charge in [0.1, 0.15) is 11.5 Å². The fourth-order valence-corrected chi connectivity index (χ4v) is 3.85. The van der Waals surface area contributed by atoms with E-state index < -0.39 is 0 Å². The van der Waals surface area contributed by atoms with Gasteiger partial charge in [0.15, 0.2) is 6.61 Å². The van der Waals surface area contributed by atoms with Crippen LogP contribution in [0.25, 0.3) is 0 Å². The normalized spacial score (nSPS) is 18.5. The van der Waals surface area contributed by atoms with Crippen molar-refractivity contribution in [1.82, 2.24) is 4.90 Å². The Labute approximate surface area is 140 Å². The van der Waals surface area contributed by atoms with E-state index in [9.17, 15) is 4.79 Å². The molecule has 0 bridgehead atoms. The predicted octanol–water partition coefficient (Wildman–Crippen LogP) is 3.67. The molecule has 3 rings (SSSR count). The van der Waals surface area contributed by atoms with Crippen molar-refractivity contribution in [2.75, 3.05) is 25.4 Å². The highest BCUT2D eigenvalue weighted by molar-refractivity contribution is 7.99. The van der Waals surface area contributed by atoms with Gasteiger partial charge in [-0.2, -0.15) is 0 Å². The number of amides is 1. The molecule has 0 aliphatic carbocycles. The smallest absolute Gasteiger partial charge is 0.260 e. The van der Waals surface area contributed by atoms with E-state index in [0.29, 0.717) is 5.25 Å². The largest absolute Gasteiger partial charge is 0.484 e. The van der Waals surface area contributed by atoms with E-state index >= 15 is 0 Å². The summed E-state index contributed by atoms with van der Waals surface area (Å²) in [5.74, 6) is 2.74. The van der Waals surface area contributed by atoms with E-state index in [1.807, 2.05) is 60.0 Å². The Bertz CT molecular complexity index is 641. The minimum Gasteiger partial charge on any atom is -0.484 e. The molecule has 1 atom stereocenters. The Morgan fingerprint density at radius 2 is 2.17 bits per heavy atom. The molecule has 122 valence electrons. The second-order valence-corrected chi connectivity index (χ2v) is 6.91. The predicted molar refractivity (Wildman–Crippen MR) is 91.8 cm³/mol. The molecule has 0 radical (unpaired) electrons. The number of benzene rings is 1.